The van der Waals surface area contributed by atoms with Gasteiger partial charge in [0.15, 0.2) is 0 Å². The van der Waals surface area contributed by atoms with Crippen LogP contribution in [0.4, 0.5) is 17.6 Å². The highest BCUT2D eigenvalue weighted by Crippen LogP contribution is 2.24. The molecule has 3 nitrogen and oxygen atoms in total. The third-order valence-corrected chi connectivity index (χ3v) is 3.99. The van der Waals surface area contributed by atoms with Crippen molar-refractivity contribution >= 4 is 10.9 Å². The quantitative estimate of drug-likeness (QED) is 0.457. The molecule has 3 rings (SSSR count). The van der Waals surface area contributed by atoms with Gasteiger partial charge in [0.2, 0.25) is 0 Å². The molecule has 26 heavy (non-hydrogen) atoms. The number of aromatic nitrogens is 1. The van der Waals surface area contributed by atoms with Gasteiger partial charge in [-0.05, 0) is 48.4 Å². The Balaban J connectivity index is 1.55. The van der Waals surface area contributed by atoms with E-state index in [1.807, 2.05) is 6.07 Å². The number of hydrogen-bond donors (Lipinski definition) is 2. The Kier molecular flexibility index (Phi) is 5.78. The second-order valence-corrected chi connectivity index (χ2v) is 5.87. The molecule has 0 aliphatic heterocycles. The second kappa shape index (κ2) is 8.23. The van der Waals surface area contributed by atoms with Gasteiger partial charge in [0.1, 0.15) is 24.0 Å². The Morgan fingerprint density at radius 3 is 2.69 bits per heavy atom. The topological polar surface area (TPSA) is 37.0 Å². The molecule has 2 aromatic carbocycles. The molecule has 0 bridgehead atoms. The van der Waals surface area contributed by atoms with Crippen LogP contribution in [0.25, 0.3) is 10.9 Å². The lowest BCUT2D eigenvalue weighted by molar-refractivity contribution is 0.0818. The SMILES string of the molecule is Fc1ccc(F)c2c(CCNCc3cccc(OCC(F)F)c3)c[nH]c12. The molecule has 0 amide bonds. The van der Waals surface area contributed by atoms with Crippen molar-refractivity contribution in [1.82, 2.24) is 10.3 Å². The second-order valence-electron chi connectivity index (χ2n) is 5.87. The summed E-state index contributed by atoms with van der Waals surface area (Å²) < 4.78 is 56.9. The van der Waals surface area contributed by atoms with Gasteiger partial charge in [-0.25, -0.2) is 17.6 Å². The number of nitrogens with one attached hydrogen (secondary N) is 2. The highest BCUT2D eigenvalue weighted by Gasteiger charge is 2.12. The van der Waals surface area contributed by atoms with Gasteiger partial charge in [-0.3, -0.25) is 0 Å². The smallest absolute Gasteiger partial charge is 0.272 e. The van der Waals surface area contributed by atoms with Crippen LogP contribution in [0, 0.1) is 11.6 Å². The molecule has 0 aliphatic carbocycles. The number of hydrogen-bond acceptors (Lipinski definition) is 2. The summed E-state index contributed by atoms with van der Waals surface area (Å²) in [5.41, 5.74) is 1.75. The largest absolute Gasteiger partial charge is 0.488 e. The predicted molar refractivity (Wildman–Crippen MR) is 91.6 cm³/mol. The standard InChI is InChI=1S/C19H18F4N2O/c20-15-4-5-16(21)19-18(15)13(10-25-19)6-7-24-9-12-2-1-3-14(8-12)26-11-17(22)23/h1-5,8,10,17,24-25H,6-7,9,11H2. The summed E-state index contributed by atoms with van der Waals surface area (Å²) in [7, 11) is 0. The molecule has 138 valence electrons. The summed E-state index contributed by atoms with van der Waals surface area (Å²) in [5, 5.41) is 3.47. The summed E-state index contributed by atoms with van der Waals surface area (Å²) in [6.07, 6.45) is -0.391. The molecule has 0 radical (unpaired) electrons. The highest BCUT2D eigenvalue weighted by atomic mass is 19.3. The lowest BCUT2D eigenvalue weighted by atomic mass is 10.1. The first-order chi connectivity index (χ1) is 12.5. The molecule has 3 aromatic rings. The van der Waals surface area contributed by atoms with Crippen LogP contribution in [-0.2, 0) is 13.0 Å². The van der Waals surface area contributed by atoms with Crippen molar-refractivity contribution in [3.05, 3.63) is 65.4 Å². The fourth-order valence-corrected chi connectivity index (χ4v) is 2.80. The molecule has 0 aliphatic rings. The summed E-state index contributed by atoms with van der Waals surface area (Å²) in [6, 6.07) is 9.11. The number of fused-ring (bicyclic) bond motifs is 1. The van der Waals surface area contributed by atoms with Crippen LogP contribution in [0.1, 0.15) is 11.1 Å². The van der Waals surface area contributed by atoms with E-state index in [1.165, 1.54) is 0 Å². The number of rotatable bonds is 8. The van der Waals surface area contributed by atoms with Crippen molar-refractivity contribution in [1.29, 1.82) is 0 Å². The molecule has 0 spiro atoms. The van der Waals surface area contributed by atoms with Gasteiger partial charge < -0.3 is 15.0 Å². The monoisotopic (exact) mass is 366 g/mol. The third kappa shape index (κ3) is 4.35. The molecular weight excluding hydrogens is 348 g/mol. The maximum Gasteiger partial charge on any atom is 0.272 e. The van der Waals surface area contributed by atoms with Crippen LogP contribution in [0.5, 0.6) is 5.75 Å². The van der Waals surface area contributed by atoms with Crippen molar-refractivity contribution in [2.24, 2.45) is 0 Å². The molecule has 0 saturated carbocycles. The van der Waals surface area contributed by atoms with Gasteiger partial charge in [-0.15, -0.1) is 0 Å². The number of halogens is 4. The summed E-state index contributed by atoms with van der Waals surface area (Å²) >= 11 is 0. The normalized spacial score (nSPS) is 11.4. The zero-order valence-electron chi connectivity index (χ0n) is 13.9. The van der Waals surface area contributed by atoms with Gasteiger partial charge in [-0.1, -0.05) is 12.1 Å². The number of aromatic amines is 1. The van der Waals surface area contributed by atoms with Crippen molar-refractivity contribution in [3.63, 3.8) is 0 Å². The lowest BCUT2D eigenvalue weighted by Gasteiger charge is -2.08. The van der Waals surface area contributed by atoms with Crippen LogP contribution in [-0.4, -0.2) is 24.6 Å². The molecule has 0 saturated heterocycles. The fraction of sp³-hybridized carbons (Fsp3) is 0.263. The minimum absolute atomic E-state index is 0.170. The number of alkyl halides is 2. The number of ether oxygens (including phenoxy) is 1. The minimum Gasteiger partial charge on any atom is -0.488 e. The van der Waals surface area contributed by atoms with Crippen LogP contribution in [0.15, 0.2) is 42.6 Å². The van der Waals surface area contributed by atoms with Crippen molar-refractivity contribution in [3.8, 4) is 5.75 Å². The summed E-state index contributed by atoms with van der Waals surface area (Å²) in [6.45, 7) is 0.412. The van der Waals surface area contributed by atoms with E-state index in [9.17, 15) is 17.6 Å². The van der Waals surface area contributed by atoms with Crippen LogP contribution < -0.4 is 10.1 Å². The molecule has 0 atom stereocenters. The molecule has 1 aromatic heterocycles. The molecule has 2 N–H and O–H groups in total. The summed E-state index contributed by atoms with van der Waals surface area (Å²) in [5.74, 6) is -0.554. The fourth-order valence-electron chi connectivity index (χ4n) is 2.80. The zero-order valence-corrected chi connectivity index (χ0v) is 13.9. The van der Waals surface area contributed by atoms with E-state index in [4.69, 9.17) is 4.74 Å². The third-order valence-electron chi connectivity index (χ3n) is 3.99. The average Bonchev–Trinajstić information content (AvgIpc) is 3.06. The van der Waals surface area contributed by atoms with E-state index in [2.05, 4.69) is 10.3 Å². The van der Waals surface area contributed by atoms with Crippen LogP contribution in [0.3, 0.4) is 0 Å². The van der Waals surface area contributed by atoms with E-state index in [0.717, 1.165) is 17.7 Å². The first-order valence-electron chi connectivity index (χ1n) is 8.19. The van der Waals surface area contributed by atoms with E-state index in [0.29, 0.717) is 30.8 Å². The number of H-pyrrole nitrogens is 1. The zero-order chi connectivity index (χ0) is 18.5. The molecular formula is C19H18F4N2O. The van der Waals surface area contributed by atoms with E-state index in [1.54, 1.807) is 24.4 Å². The van der Waals surface area contributed by atoms with Gasteiger partial charge in [0, 0.05) is 18.1 Å². The van der Waals surface area contributed by atoms with Gasteiger partial charge in [0.05, 0.1) is 5.52 Å². The minimum atomic E-state index is -2.52. The molecule has 0 unspecified atom stereocenters. The van der Waals surface area contributed by atoms with Gasteiger partial charge >= 0.3 is 0 Å². The Morgan fingerprint density at radius 1 is 1.08 bits per heavy atom. The van der Waals surface area contributed by atoms with Crippen molar-refractivity contribution in [2.45, 2.75) is 19.4 Å². The first-order valence-corrected chi connectivity index (χ1v) is 8.19. The van der Waals surface area contributed by atoms with E-state index < -0.39 is 24.7 Å². The summed E-state index contributed by atoms with van der Waals surface area (Å²) in [4.78, 5) is 2.77. The lowest BCUT2D eigenvalue weighted by Crippen LogP contribution is -2.16. The Bertz CT molecular complexity index is 879. The van der Waals surface area contributed by atoms with Crippen LogP contribution >= 0.6 is 0 Å². The predicted octanol–water partition coefficient (Wildman–Crippen LogP) is 4.42. The van der Waals surface area contributed by atoms with Crippen LogP contribution in [0.2, 0.25) is 0 Å². The highest BCUT2D eigenvalue weighted by molar-refractivity contribution is 5.84. The van der Waals surface area contributed by atoms with Crippen molar-refractivity contribution in [2.75, 3.05) is 13.2 Å². The van der Waals surface area contributed by atoms with E-state index in [-0.39, 0.29) is 10.9 Å². The maximum absolute atomic E-state index is 13.9. The molecule has 7 heteroatoms. The van der Waals surface area contributed by atoms with Gasteiger partial charge in [0.25, 0.3) is 6.43 Å². The number of benzene rings is 2. The Morgan fingerprint density at radius 2 is 1.88 bits per heavy atom. The maximum atomic E-state index is 13.9. The van der Waals surface area contributed by atoms with Gasteiger partial charge in [-0.2, -0.15) is 0 Å². The first kappa shape index (κ1) is 18.3. The average molecular weight is 366 g/mol. The Hall–Kier alpha value is -2.54. The Labute approximate surface area is 148 Å². The molecule has 1 heterocycles. The molecule has 0 fully saturated rings. The van der Waals surface area contributed by atoms with E-state index >= 15 is 0 Å². The van der Waals surface area contributed by atoms with Crippen molar-refractivity contribution < 1.29 is 22.3 Å².